The monoisotopic (exact) mass is 256 g/mol. The number of aryl methyl sites for hydroxylation is 3. The number of nitrogens with two attached hydrogens (primary N) is 2. The van der Waals surface area contributed by atoms with Gasteiger partial charge >= 0.3 is 0 Å². The van der Waals surface area contributed by atoms with Crippen LogP contribution in [0.4, 0.5) is 17.3 Å². The molecule has 1 aromatic heterocycles. The van der Waals surface area contributed by atoms with Gasteiger partial charge in [-0.2, -0.15) is 0 Å². The van der Waals surface area contributed by atoms with Crippen molar-refractivity contribution in [3.05, 3.63) is 46.5 Å². The maximum absolute atomic E-state index is 5.69. The zero-order valence-electron chi connectivity index (χ0n) is 11.6. The Morgan fingerprint density at radius 2 is 1.68 bits per heavy atom. The summed E-state index contributed by atoms with van der Waals surface area (Å²) in [5, 5.41) is 3.28. The molecule has 0 aliphatic heterocycles. The van der Waals surface area contributed by atoms with Gasteiger partial charge in [0.05, 0.1) is 5.69 Å². The van der Waals surface area contributed by atoms with Gasteiger partial charge in [-0.25, -0.2) is 4.98 Å². The third kappa shape index (κ3) is 2.96. The predicted octanol–water partition coefficient (Wildman–Crippen LogP) is 2.78. The van der Waals surface area contributed by atoms with E-state index >= 15 is 0 Å². The first-order valence-electron chi connectivity index (χ1n) is 6.30. The van der Waals surface area contributed by atoms with Crippen LogP contribution in [0.3, 0.4) is 0 Å². The van der Waals surface area contributed by atoms with Gasteiger partial charge in [-0.05, 0) is 49.6 Å². The molecule has 0 fully saturated rings. The zero-order chi connectivity index (χ0) is 14.0. The number of aromatic nitrogens is 1. The molecule has 4 nitrogen and oxygen atoms in total. The van der Waals surface area contributed by atoms with Crippen LogP contribution >= 0.6 is 0 Å². The Morgan fingerprint density at radius 1 is 1.05 bits per heavy atom. The molecule has 19 heavy (non-hydrogen) atoms. The molecule has 0 saturated carbocycles. The third-order valence-corrected chi connectivity index (χ3v) is 3.24. The van der Waals surface area contributed by atoms with E-state index in [2.05, 4.69) is 43.2 Å². The fraction of sp³-hybridized carbons (Fsp3) is 0.267. The van der Waals surface area contributed by atoms with Crippen LogP contribution in [0.25, 0.3) is 0 Å². The van der Waals surface area contributed by atoms with Crippen molar-refractivity contribution >= 4 is 17.3 Å². The van der Waals surface area contributed by atoms with E-state index in [4.69, 9.17) is 11.5 Å². The number of nitrogens with one attached hydrogen (secondary N) is 1. The average molecular weight is 256 g/mol. The van der Waals surface area contributed by atoms with Crippen LogP contribution < -0.4 is 16.8 Å². The smallest absolute Gasteiger partial charge is 0.149 e. The molecule has 0 saturated heterocycles. The molecule has 0 aliphatic rings. The first kappa shape index (κ1) is 13.2. The Balaban J connectivity index is 2.16. The van der Waals surface area contributed by atoms with Crippen LogP contribution in [0.15, 0.2) is 24.3 Å². The van der Waals surface area contributed by atoms with Gasteiger partial charge in [0.15, 0.2) is 0 Å². The van der Waals surface area contributed by atoms with Gasteiger partial charge in [0, 0.05) is 6.54 Å². The Morgan fingerprint density at radius 3 is 2.26 bits per heavy atom. The average Bonchev–Trinajstić information content (AvgIpc) is 2.32. The molecule has 2 rings (SSSR count). The lowest BCUT2D eigenvalue weighted by molar-refractivity contribution is 1.06. The minimum absolute atomic E-state index is 0.363. The summed E-state index contributed by atoms with van der Waals surface area (Å²) < 4.78 is 0. The molecule has 0 amide bonds. The summed E-state index contributed by atoms with van der Waals surface area (Å²) in [4.78, 5) is 4.21. The van der Waals surface area contributed by atoms with Crippen LogP contribution in [0.2, 0.25) is 0 Å². The van der Waals surface area contributed by atoms with Crippen LogP contribution in [-0.4, -0.2) is 4.98 Å². The molecule has 0 unspecified atom stereocenters. The first-order valence-corrected chi connectivity index (χ1v) is 6.30. The van der Waals surface area contributed by atoms with Gasteiger partial charge in [-0.3, -0.25) is 0 Å². The summed E-state index contributed by atoms with van der Waals surface area (Å²) >= 11 is 0. The van der Waals surface area contributed by atoms with Gasteiger partial charge in [-0.1, -0.05) is 17.7 Å². The fourth-order valence-electron chi connectivity index (χ4n) is 2.25. The lowest BCUT2D eigenvalue weighted by atomic mass is 10.00. The second-order valence-corrected chi connectivity index (χ2v) is 4.90. The number of nitrogen functional groups attached to an aromatic ring is 2. The minimum Gasteiger partial charge on any atom is -0.396 e. The van der Waals surface area contributed by atoms with E-state index in [9.17, 15) is 0 Å². The van der Waals surface area contributed by atoms with Crippen LogP contribution in [0, 0.1) is 20.8 Å². The molecule has 1 heterocycles. The number of hydrogen-bond acceptors (Lipinski definition) is 4. The normalized spacial score (nSPS) is 10.5. The molecule has 1 aromatic carbocycles. The molecule has 0 aliphatic carbocycles. The Kier molecular flexibility index (Phi) is 3.60. The van der Waals surface area contributed by atoms with E-state index < -0.39 is 0 Å². The highest BCUT2D eigenvalue weighted by Gasteiger charge is 2.05. The number of anilines is 3. The molecule has 5 N–H and O–H groups in total. The summed E-state index contributed by atoms with van der Waals surface area (Å²) in [7, 11) is 0. The second-order valence-electron chi connectivity index (χ2n) is 4.90. The lowest BCUT2D eigenvalue weighted by Gasteiger charge is -2.13. The second kappa shape index (κ2) is 5.18. The van der Waals surface area contributed by atoms with E-state index in [0.29, 0.717) is 11.5 Å². The largest absolute Gasteiger partial charge is 0.396 e. The van der Waals surface area contributed by atoms with Gasteiger partial charge in [0.2, 0.25) is 0 Å². The van der Waals surface area contributed by atoms with E-state index in [1.54, 1.807) is 6.07 Å². The van der Waals surface area contributed by atoms with Crippen molar-refractivity contribution in [2.45, 2.75) is 27.3 Å². The Bertz CT molecular complexity index is 582. The van der Waals surface area contributed by atoms with Gasteiger partial charge in [0.25, 0.3) is 0 Å². The maximum Gasteiger partial charge on any atom is 0.149 e. The first-order chi connectivity index (χ1) is 8.97. The number of pyridine rings is 1. The van der Waals surface area contributed by atoms with Crippen molar-refractivity contribution in [1.82, 2.24) is 4.98 Å². The van der Waals surface area contributed by atoms with Crippen molar-refractivity contribution in [2.24, 2.45) is 0 Å². The molecule has 0 atom stereocenters. The van der Waals surface area contributed by atoms with Gasteiger partial charge in [0.1, 0.15) is 11.6 Å². The molecule has 2 aromatic rings. The van der Waals surface area contributed by atoms with Crippen molar-refractivity contribution in [1.29, 1.82) is 0 Å². The van der Waals surface area contributed by atoms with E-state index in [1.165, 1.54) is 22.3 Å². The van der Waals surface area contributed by atoms with Crippen LogP contribution in [0.1, 0.15) is 22.3 Å². The molecule has 100 valence electrons. The van der Waals surface area contributed by atoms with Crippen molar-refractivity contribution in [2.75, 3.05) is 16.8 Å². The van der Waals surface area contributed by atoms with Gasteiger partial charge in [-0.15, -0.1) is 0 Å². The zero-order valence-corrected chi connectivity index (χ0v) is 11.6. The molecule has 4 heteroatoms. The van der Waals surface area contributed by atoms with E-state index in [0.717, 1.165) is 12.4 Å². The van der Waals surface area contributed by atoms with Crippen LogP contribution in [-0.2, 0) is 6.54 Å². The Hall–Kier alpha value is -2.23. The fourth-order valence-corrected chi connectivity index (χ4v) is 2.25. The third-order valence-electron chi connectivity index (χ3n) is 3.24. The van der Waals surface area contributed by atoms with E-state index in [1.807, 2.05) is 6.07 Å². The highest BCUT2D eigenvalue weighted by atomic mass is 15.0. The molecule has 0 bridgehead atoms. The lowest BCUT2D eigenvalue weighted by Crippen LogP contribution is -2.07. The molecular weight excluding hydrogens is 236 g/mol. The van der Waals surface area contributed by atoms with Crippen molar-refractivity contribution in [3.8, 4) is 0 Å². The van der Waals surface area contributed by atoms with Gasteiger partial charge < -0.3 is 16.8 Å². The summed E-state index contributed by atoms with van der Waals surface area (Å²) in [5.41, 5.74) is 17.0. The maximum atomic E-state index is 5.69. The predicted molar refractivity (Wildman–Crippen MR) is 81.0 cm³/mol. The summed E-state index contributed by atoms with van der Waals surface area (Å²) in [6, 6.07) is 7.98. The van der Waals surface area contributed by atoms with Crippen molar-refractivity contribution < 1.29 is 0 Å². The topological polar surface area (TPSA) is 77.0 Å². The molecular formula is C15H20N4. The molecule has 0 spiro atoms. The quantitative estimate of drug-likeness (QED) is 0.789. The van der Waals surface area contributed by atoms with Crippen LogP contribution in [0.5, 0.6) is 0 Å². The standard InChI is InChI=1S/C15H20N4/c1-9-6-10(2)12(11(3)7-9)8-18-14-5-4-13(16)15(17)19-14/h4-7H,8,16H2,1-3H3,(H3,17,18,19). The summed E-state index contributed by atoms with van der Waals surface area (Å²) in [5.74, 6) is 1.11. The highest BCUT2D eigenvalue weighted by molar-refractivity contribution is 5.61. The number of nitrogens with zero attached hydrogens (tertiary/aromatic N) is 1. The Labute approximate surface area is 113 Å². The summed E-state index contributed by atoms with van der Waals surface area (Å²) in [6.07, 6.45) is 0. The summed E-state index contributed by atoms with van der Waals surface area (Å²) in [6.45, 7) is 7.09. The molecule has 0 radical (unpaired) electrons. The highest BCUT2D eigenvalue weighted by Crippen LogP contribution is 2.19. The van der Waals surface area contributed by atoms with E-state index in [-0.39, 0.29) is 0 Å². The SMILES string of the molecule is Cc1cc(C)c(CNc2ccc(N)c(N)n2)c(C)c1. The van der Waals surface area contributed by atoms with Crippen molar-refractivity contribution in [3.63, 3.8) is 0 Å². The number of benzene rings is 1. The number of hydrogen-bond donors (Lipinski definition) is 3. The number of rotatable bonds is 3. The minimum atomic E-state index is 0.363.